The van der Waals surface area contributed by atoms with Crippen LogP contribution in [-0.2, 0) is 9.57 Å². The van der Waals surface area contributed by atoms with Crippen molar-refractivity contribution >= 4 is 34.2 Å². The number of amides is 1. The highest BCUT2D eigenvalue weighted by Crippen LogP contribution is 2.33. The topological polar surface area (TPSA) is 119 Å². The molecule has 2 unspecified atom stereocenters. The number of ether oxygens (including phenoxy) is 1. The lowest BCUT2D eigenvalue weighted by molar-refractivity contribution is -0.111. The van der Waals surface area contributed by atoms with Crippen molar-refractivity contribution in [2.24, 2.45) is 4.99 Å². The molecule has 3 N–H and O–H groups in total. The van der Waals surface area contributed by atoms with Crippen molar-refractivity contribution in [3.05, 3.63) is 94.5 Å². The van der Waals surface area contributed by atoms with Crippen molar-refractivity contribution in [1.82, 2.24) is 20.3 Å². The number of hydroxylamine groups is 2. The summed E-state index contributed by atoms with van der Waals surface area (Å²) >= 11 is 0. The molecule has 0 spiro atoms. The van der Waals surface area contributed by atoms with Crippen LogP contribution in [-0.4, -0.2) is 90.1 Å². The summed E-state index contributed by atoms with van der Waals surface area (Å²) in [5, 5.41) is 16.7. The summed E-state index contributed by atoms with van der Waals surface area (Å²) in [6.45, 7) is 5.10. The van der Waals surface area contributed by atoms with Gasteiger partial charge in [0.2, 0.25) is 0 Å². The number of hydrogen-bond acceptors (Lipinski definition) is 8. The van der Waals surface area contributed by atoms with Crippen molar-refractivity contribution in [1.29, 1.82) is 0 Å². The molecule has 228 valence electrons. The summed E-state index contributed by atoms with van der Waals surface area (Å²) in [5.41, 5.74) is 4.64. The molecule has 10 nitrogen and oxygen atoms in total. The second-order valence-corrected chi connectivity index (χ2v) is 11.5. The molecular weight excluding hydrogens is 558 g/mol. The summed E-state index contributed by atoms with van der Waals surface area (Å²) in [5.74, 6) is -0.757. The third-order valence-electron chi connectivity index (χ3n) is 8.44. The number of fused-ring (bicyclic) bond motifs is 3. The number of nitrogens with zero attached hydrogens (tertiary/aromatic N) is 3. The van der Waals surface area contributed by atoms with Crippen LogP contribution in [0.15, 0.2) is 71.7 Å². The Kier molecular flexibility index (Phi) is 8.47. The minimum atomic E-state index is -0.450. The second-order valence-electron chi connectivity index (χ2n) is 11.5. The maximum atomic E-state index is 13.1. The fourth-order valence-corrected chi connectivity index (χ4v) is 6.19. The van der Waals surface area contributed by atoms with Crippen LogP contribution in [0.2, 0.25) is 0 Å². The number of methoxy groups -OCH3 is 1. The fourth-order valence-electron chi connectivity index (χ4n) is 6.19. The lowest BCUT2D eigenvalue weighted by atomic mass is 9.98. The fraction of sp³-hybridized carbons (Fsp3) is 0.324. The first-order valence-electron chi connectivity index (χ1n) is 14.9. The molecule has 2 fully saturated rings. The monoisotopic (exact) mass is 595 g/mol. The smallest absolute Gasteiger partial charge is 0.338 e. The van der Waals surface area contributed by atoms with E-state index in [1.807, 2.05) is 43.3 Å². The average molecular weight is 596 g/mol. The molecule has 4 aromatic rings. The molecule has 3 heterocycles. The Balaban J connectivity index is 1.22. The first-order valence-corrected chi connectivity index (χ1v) is 14.9. The molecule has 1 aromatic heterocycles. The van der Waals surface area contributed by atoms with E-state index in [-0.39, 0.29) is 11.8 Å². The molecule has 0 radical (unpaired) electrons. The van der Waals surface area contributed by atoms with E-state index in [1.54, 1.807) is 37.4 Å². The molecule has 2 aliphatic heterocycles. The first-order chi connectivity index (χ1) is 21.3. The Bertz CT molecular complexity index is 1690. The average Bonchev–Trinajstić information content (AvgIpc) is 3.55. The maximum Gasteiger partial charge on any atom is 0.338 e. The molecule has 2 saturated heterocycles. The second kappa shape index (κ2) is 12.6. The number of aryl methyl sites for hydroxylation is 1. The van der Waals surface area contributed by atoms with Crippen molar-refractivity contribution in [2.45, 2.75) is 31.8 Å². The summed E-state index contributed by atoms with van der Waals surface area (Å²) in [4.78, 5) is 41.4. The van der Waals surface area contributed by atoms with Crippen LogP contribution < -0.4 is 5.32 Å². The molecule has 10 heteroatoms. The normalized spacial score (nSPS) is 18.5. The number of nitrogens with one attached hydrogen (secondary N) is 2. The van der Waals surface area contributed by atoms with Gasteiger partial charge in [-0.05, 0) is 61.7 Å². The number of hydrogen-bond donors (Lipinski definition) is 3. The van der Waals surface area contributed by atoms with Gasteiger partial charge in [-0.25, -0.2) is 14.9 Å². The van der Waals surface area contributed by atoms with E-state index < -0.39 is 5.97 Å². The largest absolute Gasteiger partial charge is 0.494 e. The molecule has 2 aliphatic rings. The number of esters is 1. The first kappa shape index (κ1) is 29.6. The molecular formula is C34H37N5O5. The summed E-state index contributed by atoms with van der Waals surface area (Å²) in [7, 11) is 2.97. The summed E-state index contributed by atoms with van der Waals surface area (Å²) in [6.07, 6.45) is 2.46. The molecule has 2 atom stereocenters. The van der Waals surface area contributed by atoms with Crippen molar-refractivity contribution < 1.29 is 24.3 Å². The van der Waals surface area contributed by atoms with E-state index in [4.69, 9.17) is 14.6 Å². The van der Waals surface area contributed by atoms with E-state index in [1.165, 1.54) is 25.0 Å². The molecule has 1 amide bonds. The van der Waals surface area contributed by atoms with Gasteiger partial charge in [0.05, 0.1) is 36.2 Å². The van der Waals surface area contributed by atoms with Gasteiger partial charge in [-0.15, -0.1) is 0 Å². The quantitative estimate of drug-likeness (QED) is 0.147. The van der Waals surface area contributed by atoms with E-state index >= 15 is 0 Å². The number of carbonyl (C=O) groups is 2. The van der Waals surface area contributed by atoms with Gasteiger partial charge in [-0.3, -0.25) is 14.5 Å². The maximum absolute atomic E-state index is 13.1. The molecule has 0 saturated carbocycles. The number of benzene rings is 3. The van der Waals surface area contributed by atoms with Crippen molar-refractivity contribution in [3.63, 3.8) is 0 Å². The van der Waals surface area contributed by atoms with E-state index in [2.05, 4.69) is 15.2 Å². The van der Waals surface area contributed by atoms with Crippen LogP contribution in [0.5, 0.6) is 5.88 Å². The van der Waals surface area contributed by atoms with Crippen LogP contribution >= 0.6 is 0 Å². The number of carbonyl (C=O) groups excluding carboxylic acids is 2. The Morgan fingerprint density at radius 2 is 1.73 bits per heavy atom. The lowest BCUT2D eigenvalue weighted by Crippen LogP contribution is -2.52. The molecule has 44 heavy (non-hydrogen) atoms. The van der Waals surface area contributed by atoms with Crippen LogP contribution in [0.3, 0.4) is 0 Å². The number of piperazine rings is 1. The number of aromatic nitrogens is 1. The van der Waals surface area contributed by atoms with E-state index in [0.717, 1.165) is 25.2 Å². The van der Waals surface area contributed by atoms with Gasteiger partial charge in [0.25, 0.3) is 5.91 Å². The minimum absolute atomic E-state index is 0.0666. The number of rotatable bonds is 9. The summed E-state index contributed by atoms with van der Waals surface area (Å²) in [6, 6.07) is 21.2. The van der Waals surface area contributed by atoms with Crippen molar-refractivity contribution in [3.8, 4) is 5.88 Å². The zero-order chi connectivity index (χ0) is 30.8. The van der Waals surface area contributed by atoms with Crippen LogP contribution in [0.1, 0.15) is 50.2 Å². The Labute approximate surface area is 256 Å². The predicted octanol–water partition coefficient (Wildman–Crippen LogP) is 4.58. The van der Waals surface area contributed by atoms with Gasteiger partial charge in [-0.2, -0.15) is 0 Å². The Morgan fingerprint density at radius 3 is 2.41 bits per heavy atom. The van der Waals surface area contributed by atoms with Gasteiger partial charge >= 0.3 is 5.97 Å². The highest BCUT2D eigenvalue weighted by atomic mass is 16.7. The highest BCUT2D eigenvalue weighted by molar-refractivity contribution is 6.22. The lowest BCUT2D eigenvalue weighted by Gasteiger charge is -2.32. The zero-order valence-electron chi connectivity index (χ0n) is 25.2. The third-order valence-corrected chi connectivity index (χ3v) is 8.44. The number of aromatic hydroxyl groups is 1. The molecule has 2 bridgehead atoms. The minimum Gasteiger partial charge on any atom is -0.494 e. The van der Waals surface area contributed by atoms with Gasteiger partial charge in [0, 0.05) is 60.8 Å². The third kappa shape index (κ3) is 6.10. The number of likely N-dealkylation sites (tertiary alicyclic amines) is 1. The van der Waals surface area contributed by atoms with Crippen LogP contribution in [0.25, 0.3) is 10.9 Å². The number of H-pyrrole nitrogens is 1. The number of aromatic amines is 1. The van der Waals surface area contributed by atoms with Crippen LogP contribution in [0.4, 0.5) is 5.69 Å². The summed E-state index contributed by atoms with van der Waals surface area (Å²) < 4.78 is 4.92. The van der Waals surface area contributed by atoms with E-state index in [0.29, 0.717) is 63.2 Å². The Hall–Kier alpha value is -4.51. The van der Waals surface area contributed by atoms with Crippen LogP contribution in [0, 0.1) is 6.92 Å². The SMILES string of the molecule is COC(=O)c1cc2[nH]c(O)c(C(=Nc3ccc(C(=O)N(C)OCCN4CC5CCC(C4)N5)cc3)c3ccccc3)c2cc1C. The molecule has 0 aliphatic carbocycles. The number of aliphatic imine (C=N–C) groups is 1. The zero-order valence-corrected chi connectivity index (χ0v) is 25.2. The van der Waals surface area contributed by atoms with Gasteiger partial charge in [-0.1, -0.05) is 30.3 Å². The van der Waals surface area contributed by atoms with Gasteiger partial charge < -0.3 is 20.1 Å². The highest BCUT2D eigenvalue weighted by Gasteiger charge is 2.31. The van der Waals surface area contributed by atoms with Gasteiger partial charge in [0.1, 0.15) is 0 Å². The van der Waals surface area contributed by atoms with Gasteiger partial charge in [0.15, 0.2) is 5.88 Å². The predicted molar refractivity (Wildman–Crippen MR) is 169 cm³/mol. The van der Waals surface area contributed by atoms with Crippen molar-refractivity contribution in [2.75, 3.05) is 40.4 Å². The standard InChI is InChI=1S/C34H37N5O5/c1-21-17-28-29(18-27(21)34(42)43-3)37-32(40)30(28)31(22-7-5-4-6-8-22)36-24-11-9-23(10-12-24)33(41)38(2)44-16-15-39-19-25-13-14-26(20-39)35-25/h4-12,17-18,25-26,35,37,40H,13-16,19-20H2,1-3H3. The Morgan fingerprint density at radius 1 is 1.02 bits per heavy atom. The van der Waals surface area contributed by atoms with E-state index in [9.17, 15) is 14.7 Å². The molecule has 6 rings (SSSR count). The molecule has 3 aromatic carbocycles.